The standard InChI is InChI=1S/C18H25N/c1-3-15-8-6-4-5-7-9-18(15)14(2)16-10-12-17(19)13-11-16/h3,10-13,15H,1,4-9,19H2,2H3/b18-14+. The lowest BCUT2D eigenvalue weighted by Gasteiger charge is -2.23. The summed E-state index contributed by atoms with van der Waals surface area (Å²) in [6, 6.07) is 8.25. The van der Waals surface area contributed by atoms with Gasteiger partial charge in [-0.2, -0.15) is 0 Å². The Hall–Kier alpha value is -1.50. The molecule has 1 aromatic rings. The number of benzene rings is 1. The van der Waals surface area contributed by atoms with Gasteiger partial charge in [0.15, 0.2) is 0 Å². The first-order valence-corrected chi connectivity index (χ1v) is 7.40. The van der Waals surface area contributed by atoms with E-state index in [9.17, 15) is 0 Å². The average Bonchev–Trinajstić information content (AvgIpc) is 2.39. The molecule has 102 valence electrons. The van der Waals surface area contributed by atoms with Crippen molar-refractivity contribution in [3.05, 3.63) is 48.1 Å². The summed E-state index contributed by atoms with van der Waals surface area (Å²) < 4.78 is 0. The molecular formula is C18H25N. The third-order valence-corrected chi connectivity index (χ3v) is 4.27. The maximum Gasteiger partial charge on any atom is 0.0314 e. The zero-order chi connectivity index (χ0) is 13.7. The van der Waals surface area contributed by atoms with Crippen molar-refractivity contribution in [3.8, 4) is 0 Å². The van der Waals surface area contributed by atoms with E-state index in [4.69, 9.17) is 5.73 Å². The van der Waals surface area contributed by atoms with Gasteiger partial charge in [0.05, 0.1) is 0 Å². The first-order chi connectivity index (χ1) is 9.22. The van der Waals surface area contributed by atoms with Gasteiger partial charge >= 0.3 is 0 Å². The Morgan fingerprint density at radius 3 is 2.53 bits per heavy atom. The predicted octanol–water partition coefficient (Wildman–Crippen LogP) is 5.20. The van der Waals surface area contributed by atoms with Gasteiger partial charge in [0.25, 0.3) is 0 Å². The van der Waals surface area contributed by atoms with E-state index < -0.39 is 0 Å². The fourth-order valence-electron chi connectivity index (χ4n) is 3.04. The van der Waals surface area contributed by atoms with E-state index in [1.807, 2.05) is 12.1 Å². The van der Waals surface area contributed by atoms with Crippen LogP contribution in [0, 0.1) is 5.92 Å². The molecule has 2 rings (SSSR count). The first kappa shape index (κ1) is 13.9. The van der Waals surface area contributed by atoms with Crippen LogP contribution in [0.1, 0.15) is 51.0 Å². The normalized spacial score (nSPS) is 23.3. The van der Waals surface area contributed by atoms with Crippen molar-refractivity contribution in [2.24, 2.45) is 5.92 Å². The second-order valence-electron chi connectivity index (χ2n) is 5.57. The van der Waals surface area contributed by atoms with E-state index in [0.29, 0.717) is 5.92 Å². The van der Waals surface area contributed by atoms with Gasteiger partial charge < -0.3 is 5.73 Å². The molecule has 1 saturated carbocycles. The number of rotatable bonds is 2. The fraction of sp³-hybridized carbons (Fsp3) is 0.444. The molecule has 1 heteroatoms. The molecule has 1 nitrogen and oxygen atoms in total. The molecule has 0 spiro atoms. The minimum Gasteiger partial charge on any atom is -0.399 e. The van der Waals surface area contributed by atoms with Crippen molar-refractivity contribution in [1.29, 1.82) is 0 Å². The summed E-state index contributed by atoms with van der Waals surface area (Å²) in [6.45, 7) is 6.29. The van der Waals surface area contributed by atoms with Gasteiger partial charge in [0.2, 0.25) is 0 Å². The smallest absolute Gasteiger partial charge is 0.0314 e. The zero-order valence-corrected chi connectivity index (χ0v) is 12.0. The van der Waals surface area contributed by atoms with Crippen molar-refractivity contribution >= 4 is 11.3 Å². The molecule has 0 aromatic heterocycles. The van der Waals surface area contributed by atoms with Crippen LogP contribution >= 0.6 is 0 Å². The highest BCUT2D eigenvalue weighted by atomic mass is 14.5. The highest BCUT2D eigenvalue weighted by molar-refractivity contribution is 5.69. The maximum atomic E-state index is 5.77. The Morgan fingerprint density at radius 2 is 1.84 bits per heavy atom. The van der Waals surface area contributed by atoms with Crippen molar-refractivity contribution in [2.75, 3.05) is 5.73 Å². The monoisotopic (exact) mass is 255 g/mol. The van der Waals surface area contributed by atoms with Gasteiger partial charge in [0.1, 0.15) is 0 Å². The minimum atomic E-state index is 0.554. The quantitative estimate of drug-likeness (QED) is 0.570. The van der Waals surface area contributed by atoms with E-state index in [0.717, 1.165) is 5.69 Å². The molecule has 0 amide bonds. The number of nitrogen functional groups attached to an aromatic ring is 1. The first-order valence-electron chi connectivity index (χ1n) is 7.40. The van der Waals surface area contributed by atoms with E-state index in [1.165, 1.54) is 49.7 Å². The summed E-state index contributed by atoms with van der Waals surface area (Å²) in [5.74, 6) is 0.554. The van der Waals surface area contributed by atoms with Crippen LogP contribution in [0.15, 0.2) is 42.5 Å². The van der Waals surface area contributed by atoms with Crippen molar-refractivity contribution in [2.45, 2.75) is 45.4 Å². The molecule has 1 aliphatic carbocycles. The SMILES string of the molecule is C=CC1CCCCCC/C1=C(/C)c1ccc(N)cc1. The van der Waals surface area contributed by atoms with E-state index in [2.05, 4.69) is 31.7 Å². The van der Waals surface area contributed by atoms with Gasteiger partial charge in [-0.1, -0.05) is 43.0 Å². The van der Waals surface area contributed by atoms with Crippen molar-refractivity contribution in [3.63, 3.8) is 0 Å². The van der Waals surface area contributed by atoms with Gasteiger partial charge in [0, 0.05) is 5.69 Å². The molecule has 0 bridgehead atoms. The van der Waals surface area contributed by atoms with Crippen LogP contribution in [-0.4, -0.2) is 0 Å². The van der Waals surface area contributed by atoms with Crippen LogP contribution in [0.4, 0.5) is 5.69 Å². The second kappa shape index (κ2) is 6.60. The Bertz CT molecular complexity index is 453. The fourth-order valence-corrected chi connectivity index (χ4v) is 3.04. The number of allylic oxidation sites excluding steroid dienone is 3. The highest BCUT2D eigenvalue weighted by Gasteiger charge is 2.16. The van der Waals surface area contributed by atoms with E-state index >= 15 is 0 Å². The zero-order valence-electron chi connectivity index (χ0n) is 12.0. The minimum absolute atomic E-state index is 0.554. The lowest BCUT2D eigenvalue weighted by Crippen LogP contribution is -2.06. The van der Waals surface area contributed by atoms with Gasteiger partial charge in [-0.15, -0.1) is 6.58 Å². The molecule has 0 radical (unpaired) electrons. The summed E-state index contributed by atoms with van der Waals surface area (Å²) >= 11 is 0. The van der Waals surface area contributed by atoms with Crippen LogP contribution < -0.4 is 5.73 Å². The number of anilines is 1. The molecular weight excluding hydrogens is 230 g/mol. The molecule has 1 atom stereocenters. The van der Waals surface area contributed by atoms with E-state index in [-0.39, 0.29) is 0 Å². The highest BCUT2D eigenvalue weighted by Crippen LogP contribution is 2.34. The molecule has 0 aliphatic heterocycles. The number of hydrogen-bond acceptors (Lipinski definition) is 1. The second-order valence-corrected chi connectivity index (χ2v) is 5.57. The van der Waals surface area contributed by atoms with Crippen molar-refractivity contribution in [1.82, 2.24) is 0 Å². The van der Waals surface area contributed by atoms with Crippen LogP contribution in [0.25, 0.3) is 5.57 Å². The number of hydrogen-bond donors (Lipinski definition) is 1. The molecule has 19 heavy (non-hydrogen) atoms. The van der Waals surface area contributed by atoms with Gasteiger partial charge in [-0.25, -0.2) is 0 Å². The Balaban J connectivity index is 2.33. The van der Waals surface area contributed by atoms with Crippen LogP contribution in [-0.2, 0) is 0 Å². The summed E-state index contributed by atoms with van der Waals surface area (Å²) in [5.41, 5.74) is 10.9. The molecule has 1 aromatic carbocycles. The lowest BCUT2D eigenvalue weighted by atomic mass is 9.82. The molecule has 0 saturated heterocycles. The molecule has 1 fully saturated rings. The van der Waals surface area contributed by atoms with Gasteiger partial charge in [-0.05, 0) is 55.4 Å². The largest absolute Gasteiger partial charge is 0.399 e. The summed E-state index contributed by atoms with van der Waals surface area (Å²) in [6.07, 6.45) is 9.99. The maximum absolute atomic E-state index is 5.77. The third kappa shape index (κ3) is 3.50. The van der Waals surface area contributed by atoms with Crippen LogP contribution in [0.5, 0.6) is 0 Å². The topological polar surface area (TPSA) is 26.0 Å². The van der Waals surface area contributed by atoms with Gasteiger partial charge in [-0.3, -0.25) is 0 Å². The summed E-state index contributed by atoms with van der Waals surface area (Å²) in [4.78, 5) is 0. The molecule has 2 N–H and O–H groups in total. The van der Waals surface area contributed by atoms with E-state index in [1.54, 1.807) is 5.57 Å². The molecule has 1 unspecified atom stereocenters. The summed E-state index contributed by atoms with van der Waals surface area (Å²) in [5, 5.41) is 0. The molecule has 0 heterocycles. The lowest BCUT2D eigenvalue weighted by molar-refractivity contribution is 0.515. The summed E-state index contributed by atoms with van der Waals surface area (Å²) in [7, 11) is 0. The van der Waals surface area contributed by atoms with Crippen molar-refractivity contribution < 1.29 is 0 Å². The van der Waals surface area contributed by atoms with Crippen LogP contribution in [0.2, 0.25) is 0 Å². The Labute approximate surface area is 117 Å². The average molecular weight is 255 g/mol. The number of nitrogens with two attached hydrogens (primary N) is 1. The Morgan fingerprint density at radius 1 is 1.16 bits per heavy atom. The van der Waals surface area contributed by atoms with Crippen LogP contribution in [0.3, 0.4) is 0 Å². The Kier molecular flexibility index (Phi) is 4.84. The molecule has 1 aliphatic rings. The predicted molar refractivity (Wildman–Crippen MR) is 84.8 cm³/mol. The third-order valence-electron chi connectivity index (χ3n) is 4.27.